The molecule has 2 rings (SSSR count). The molecule has 0 saturated carbocycles. The van der Waals surface area contributed by atoms with Crippen molar-refractivity contribution in [2.45, 2.75) is 19.8 Å². The molecule has 2 aromatic rings. The lowest BCUT2D eigenvalue weighted by molar-refractivity contribution is 0.867. The summed E-state index contributed by atoms with van der Waals surface area (Å²) in [6.45, 7) is 4.25. The standard InChI is InChI=1S/C9H10N3/c1-6(2)7-4-3-5-8-9(7)11-12-10-8/h3,5-6H,1-2H3,(H,10,11,12). The van der Waals surface area contributed by atoms with Gasteiger partial charge < -0.3 is 0 Å². The summed E-state index contributed by atoms with van der Waals surface area (Å²) in [6, 6.07) is 7.01. The van der Waals surface area contributed by atoms with Gasteiger partial charge in [0.15, 0.2) is 0 Å². The number of H-pyrrole nitrogens is 1. The van der Waals surface area contributed by atoms with E-state index < -0.39 is 0 Å². The van der Waals surface area contributed by atoms with E-state index in [2.05, 4.69) is 35.3 Å². The Kier molecular flexibility index (Phi) is 1.57. The highest BCUT2D eigenvalue weighted by atomic mass is 15.3. The van der Waals surface area contributed by atoms with E-state index in [-0.39, 0.29) is 0 Å². The number of aromatic nitrogens is 3. The van der Waals surface area contributed by atoms with Crippen LogP contribution in [0.4, 0.5) is 0 Å². The maximum atomic E-state index is 4.00. The number of hydrogen-bond acceptors (Lipinski definition) is 2. The van der Waals surface area contributed by atoms with Gasteiger partial charge in [-0.1, -0.05) is 25.1 Å². The number of aromatic amines is 1. The lowest BCUT2D eigenvalue weighted by Crippen LogP contribution is -1.88. The average Bonchev–Trinajstić information content (AvgIpc) is 2.49. The van der Waals surface area contributed by atoms with Gasteiger partial charge in [-0.3, -0.25) is 5.10 Å². The average molecular weight is 160 g/mol. The minimum absolute atomic E-state index is 0.443. The zero-order valence-electron chi connectivity index (χ0n) is 7.13. The van der Waals surface area contributed by atoms with Crippen LogP contribution < -0.4 is 0 Å². The van der Waals surface area contributed by atoms with E-state index in [0.717, 1.165) is 16.6 Å². The Balaban J connectivity index is 2.73. The third-order valence-corrected chi connectivity index (χ3v) is 1.90. The second-order valence-corrected chi connectivity index (χ2v) is 3.12. The second kappa shape index (κ2) is 2.59. The number of nitrogens with zero attached hydrogens (tertiary/aromatic N) is 2. The highest BCUT2D eigenvalue weighted by molar-refractivity contribution is 5.77. The molecule has 0 bridgehead atoms. The summed E-state index contributed by atoms with van der Waals surface area (Å²) in [7, 11) is 0. The van der Waals surface area contributed by atoms with E-state index in [9.17, 15) is 0 Å². The molecule has 0 amide bonds. The third kappa shape index (κ3) is 0.978. The van der Waals surface area contributed by atoms with E-state index in [1.165, 1.54) is 0 Å². The van der Waals surface area contributed by atoms with Crippen molar-refractivity contribution in [2.24, 2.45) is 0 Å². The Hall–Kier alpha value is -1.38. The van der Waals surface area contributed by atoms with Crippen LogP contribution in [0.15, 0.2) is 12.1 Å². The Labute approximate surface area is 70.8 Å². The van der Waals surface area contributed by atoms with Crippen LogP contribution in [0.1, 0.15) is 25.3 Å². The van der Waals surface area contributed by atoms with Gasteiger partial charge in [0, 0.05) is 0 Å². The Bertz CT molecular complexity index is 389. The van der Waals surface area contributed by atoms with Crippen molar-refractivity contribution in [1.82, 2.24) is 15.4 Å². The second-order valence-electron chi connectivity index (χ2n) is 3.12. The van der Waals surface area contributed by atoms with Crippen molar-refractivity contribution >= 4 is 11.0 Å². The van der Waals surface area contributed by atoms with Crippen molar-refractivity contribution in [1.29, 1.82) is 0 Å². The van der Waals surface area contributed by atoms with Gasteiger partial charge in [0.05, 0.1) is 5.52 Å². The molecule has 0 aliphatic heterocycles. The summed E-state index contributed by atoms with van der Waals surface area (Å²) in [4.78, 5) is 0. The SMILES string of the molecule is CC(C)c1[c]ccc2[nH]nnc12. The molecule has 0 saturated heterocycles. The number of benzene rings is 1. The molecule has 0 aliphatic carbocycles. The molecule has 1 aromatic heterocycles. The summed E-state index contributed by atoms with van der Waals surface area (Å²) in [6.07, 6.45) is 0. The van der Waals surface area contributed by atoms with E-state index in [4.69, 9.17) is 0 Å². The highest BCUT2D eigenvalue weighted by Gasteiger charge is 2.06. The molecule has 0 aliphatic rings. The predicted molar refractivity (Wildman–Crippen MR) is 46.8 cm³/mol. The Morgan fingerprint density at radius 3 is 3.08 bits per heavy atom. The first-order valence-electron chi connectivity index (χ1n) is 4.00. The molecule has 1 aromatic carbocycles. The molecule has 12 heavy (non-hydrogen) atoms. The number of fused-ring (bicyclic) bond motifs is 1. The van der Waals surface area contributed by atoms with Gasteiger partial charge >= 0.3 is 0 Å². The van der Waals surface area contributed by atoms with E-state index >= 15 is 0 Å². The van der Waals surface area contributed by atoms with Crippen LogP contribution in [0, 0.1) is 6.07 Å². The molecule has 3 heteroatoms. The summed E-state index contributed by atoms with van der Waals surface area (Å²) < 4.78 is 0. The molecule has 1 heterocycles. The van der Waals surface area contributed by atoms with E-state index in [1.54, 1.807) is 0 Å². The van der Waals surface area contributed by atoms with Gasteiger partial charge in [0.1, 0.15) is 5.52 Å². The monoisotopic (exact) mass is 160 g/mol. The summed E-state index contributed by atoms with van der Waals surface area (Å²) in [5.74, 6) is 0.443. The van der Waals surface area contributed by atoms with Gasteiger partial charge in [-0.15, -0.1) is 5.10 Å². The quantitative estimate of drug-likeness (QED) is 0.692. The first-order valence-corrected chi connectivity index (χ1v) is 4.00. The molecule has 1 radical (unpaired) electrons. The fraction of sp³-hybridized carbons (Fsp3) is 0.333. The number of nitrogens with one attached hydrogen (secondary N) is 1. The Morgan fingerprint density at radius 1 is 1.50 bits per heavy atom. The fourth-order valence-corrected chi connectivity index (χ4v) is 1.27. The number of hydrogen-bond donors (Lipinski definition) is 1. The van der Waals surface area contributed by atoms with Gasteiger partial charge in [0.2, 0.25) is 0 Å². The normalized spacial score (nSPS) is 11.2. The largest absolute Gasteiger partial charge is 0.258 e. The smallest absolute Gasteiger partial charge is 0.116 e. The van der Waals surface area contributed by atoms with Gasteiger partial charge in [0.25, 0.3) is 0 Å². The molecule has 3 nitrogen and oxygen atoms in total. The Morgan fingerprint density at radius 2 is 2.33 bits per heavy atom. The van der Waals surface area contributed by atoms with Crippen LogP contribution in [0.3, 0.4) is 0 Å². The lowest BCUT2D eigenvalue weighted by atomic mass is 10.0. The van der Waals surface area contributed by atoms with Gasteiger partial charge in [-0.05, 0) is 23.6 Å². The van der Waals surface area contributed by atoms with Gasteiger partial charge in [-0.25, -0.2) is 0 Å². The molecule has 1 N–H and O–H groups in total. The third-order valence-electron chi connectivity index (χ3n) is 1.90. The zero-order valence-corrected chi connectivity index (χ0v) is 7.13. The summed E-state index contributed by atoms with van der Waals surface area (Å²) in [5, 5.41) is 10.6. The molecule has 0 atom stereocenters. The first kappa shape index (κ1) is 7.28. The maximum Gasteiger partial charge on any atom is 0.116 e. The molecule has 0 unspecified atom stereocenters. The molecular weight excluding hydrogens is 150 g/mol. The molecule has 0 spiro atoms. The minimum atomic E-state index is 0.443. The van der Waals surface area contributed by atoms with Gasteiger partial charge in [-0.2, -0.15) is 0 Å². The van der Waals surface area contributed by atoms with Crippen molar-refractivity contribution in [3.63, 3.8) is 0 Å². The van der Waals surface area contributed by atoms with E-state index in [0.29, 0.717) is 5.92 Å². The van der Waals surface area contributed by atoms with Crippen LogP contribution in [0.2, 0.25) is 0 Å². The topological polar surface area (TPSA) is 41.6 Å². The molecule has 0 fully saturated rings. The lowest BCUT2D eigenvalue weighted by Gasteiger charge is -2.03. The number of rotatable bonds is 1. The van der Waals surface area contributed by atoms with Crippen LogP contribution >= 0.6 is 0 Å². The van der Waals surface area contributed by atoms with Crippen molar-refractivity contribution in [3.05, 3.63) is 23.8 Å². The van der Waals surface area contributed by atoms with Crippen LogP contribution in [0.25, 0.3) is 11.0 Å². The molecule has 61 valence electrons. The van der Waals surface area contributed by atoms with Crippen molar-refractivity contribution < 1.29 is 0 Å². The fourth-order valence-electron chi connectivity index (χ4n) is 1.27. The summed E-state index contributed by atoms with van der Waals surface area (Å²) in [5.41, 5.74) is 3.05. The van der Waals surface area contributed by atoms with Crippen molar-refractivity contribution in [2.75, 3.05) is 0 Å². The minimum Gasteiger partial charge on any atom is -0.258 e. The van der Waals surface area contributed by atoms with Crippen LogP contribution in [0.5, 0.6) is 0 Å². The first-order chi connectivity index (χ1) is 5.79. The predicted octanol–water partition coefficient (Wildman–Crippen LogP) is 1.88. The highest BCUT2D eigenvalue weighted by Crippen LogP contribution is 2.20. The van der Waals surface area contributed by atoms with Crippen molar-refractivity contribution in [3.8, 4) is 0 Å². The van der Waals surface area contributed by atoms with Crippen LogP contribution in [-0.4, -0.2) is 15.4 Å². The van der Waals surface area contributed by atoms with E-state index in [1.807, 2.05) is 12.1 Å². The zero-order chi connectivity index (χ0) is 8.55. The summed E-state index contributed by atoms with van der Waals surface area (Å²) >= 11 is 0. The molecular formula is C9H10N3. The maximum absolute atomic E-state index is 4.00. The van der Waals surface area contributed by atoms with Crippen LogP contribution in [-0.2, 0) is 0 Å².